The Hall–Kier alpha value is -1.38. The van der Waals surface area contributed by atoms with Crippen LogP contribution in [0.1, 0.15) is 77.2 Å². The molecule has 0 N–H and O–H groups in total. The van der Waals surface area contributed by atoms with Crippen molar-refractivity contribution < 1.29 is 4.74 Å². The van der Waals surface area contributed by atoms with Gasteiger partial charge in [-0.05, 0) is 25.3 Å². The third-order valence-electron chi connectivity index (χ3n) is 4.01. The van der Waals surface area contributed by atoms with Crippen molar-refractivity contribution in [3.8, 4) is 5.75 Å². The summed E-state index contributed by atoms with van der Waals surface area (Å²) in [7, 11) is 0. The summed E-state index contributed by atoms with van der Waals surface area (Å²) in [6.07, 6.45) is 11.3. The molecule has 1 atom stereocenters. The van der Waals surface area contributed by atoms with Gasteiger partial charge in [-0.15, -0.1) is 0 Å². The molecule has 0 fully saturated rings. The Morgan fingerprint density at radius 2 is 1.64 bits per heavy atom. The molecule has 0 aliphatic carbocycles. The van der Waals surface area contributed by atoms with Crippen LogP contribution < -0.4 is 4.74 Å². The molecule has 0 aliphatic rings. The van der Waals surface area contributed by atoms with Gasteiger partial charge in [-0.1, -0.05) is 75.7 Å². The van der Waals surface area contributed by atoms with Gasteiger partial charge >= 0.3 is 0 Å². The van der Waals surface area contributed by atoms with Gasteiger partial charge in [-0.3, -0.25) is 0 Å². The minimum absolute atomic E-state index is 0.188. The summed E-state index contributed by atoms with van der Waals surface area (Å²) in [5.74, 6) is 0.830. The maximum Gasteiger partial charge on any atom is 0.124 e. The SMILES string of the molecule is CCCCCCCC(CCCC)Oc1ccccc1CN=O. The van der Waals surface area contributed by atoms with Gasteiger partial charge in [0, 0.05) is 5.56 Å². The van der Waals surface area contributed by atoms with Gasteiger partial charge in [-0.25, -0.2) is 0 Å². The molecule has 1 rings (SSSR count). The minimum atomic E-state index is 0.188. The van der Waals surface area contributed by atoms with E-state index in [0.29, 0.717) is 0 Å². The van der Waals surface area contributed by atoms with Crippen molar-refractivity contribution in [3.63, 3.8) is 0 Å². The topological polar surface area (TPSA) is 38.7 Å². The first-order chi connectivity index (χ1) is 10.8. The van der Waals surface area contributed by atoms with E-state index in [-0.39, 0.29) is 12.6 Å². The predicted molar refractivity (Wildman–Crippen MR) is 93.3 cm³/mol. The molecule has 124 valence electrons. The Morgan fingerprint density at radius 3 is 2.36 bits per heavy atom. The molecule has 0 amide bonds. The van der Waals surface area contributed by atoms with Crippen LogP contribution in [-0.2, 0) is 6.54 Å². The van der Waals surface area contributed by atoms with Crippen LogP contribution in [0, 0.1) is 4.91 Å². The Balaban J connectivity index is 2.54. The lowest BCUT2D eigenvalue weighted by Crippen LogP contribution is -2.17. The van der Waals surface area contributed by atoms with E-state index in [4.69, 9.17) is 4.74 Å². The monoisotopic (exact) mass is 305 g/mol. The molecule has 1 unspecified atom stereocenters. The van der Waals surface area contributed by atoms with Crippen LogP contribution in [-0.4, -0.2) is 6.10 Å². The summed E-state index contributed by atoms with van der Waals surface area (Å²) >= 11 is 0. The Morgan fingerprint density at radius 1 is 0.955 bits per heavy atom. The van der Waals surface area contributed by atoms with Gasteiger partial charge in [0.15, 0.2) is 0 Å². The minimum Gasteiger partial charge on any atom is -0.490 e. The predicted octanol–water partition coefficient (Wildman–Crippen LogP) is 6.25. The van der Waals surface area contributed by atoms with Crippen molar-refractivity contribution in [2.75, 3.05) is 0 Å². The van der Waals surface area contributed by atoms with Crippen LogP contribution in [0.15, 0.2) is 29.4 Å². The van der Waals surface area contributed by atoms with Crippen molar-refractivity contribution in [1.29, 1.82) is 0 Å². The molecule has 1 aromatic carbocycles. The average molecular weight is 305 g/mol. The summed E-state index contributed by atoms with van der Waals surface area (Å²) < 4.78 is 6.21. The summed E-state index contributed by atoms with van der Waals surface area (Å²) in [6.45, 7) is 4.64. The molecule has 3 nitrogen and oxygen atoms in total. The number of benzene rings is 1. The molecular weight excluding hydrogens is 274 g/mol. The first kappa shape index (κ1) is 18.7. The zero-order valence-corrected chi connectivity index (χ0v) is 14.2. The van der Waals surface area contributed by atoms with E-state index in [1.807, 2.05) is 24.3 Å². The average Bonchev–Trinajstić information content (AvgIpc) is 2.54. The molecule has 0 aliphatic heterocycles. The van der Waals surface area contributed by atoms with Gasteiger partial charge < -0.3 is 4.74 Å². The van der Waals surface area contributed by atoms with E-state index < -0.39 is 0 Å². The largest absolute Gasteiger partial charge is 0.490 e. The molecule has 3 heteroatoms. The number of nitroso groups, excluding NO2 is 1. The van der Waals surface area contributed by atoms with Crippen LogP contribution >= 0.6 is 0 Å². The Kier molecular flexibility index (Phi) is 10.3. The molecule has 0 radical (unpaired) electrons. The van der Waals surface area contributed by atoms with Gasteiger partial charge in [0.05, 0.1) is 6.10 Å². The lowest BCUT2D eigenvalue weighted by Gasteiger charge is -2.20. The highest BCUT2D eigenvalue weighted by Gasteiger charge is 2.12. The molecule has 22 heavy (non-hydrogen) atoms. The smallest absolute Gasteiger partial charge is 0.124 e. The van der Waals surface area contributed by atoms with Crippen molar-refractivity contribution in [1.82, 2.24) is 0 Å². The van der Waals surface area contributed by atoms with Crippen molar-refractivity contribution in [2.24, 2.45) is 5.18 Å². The van der Waals surface area contributed by atoms with E-state index in [0.717, 1.165) is 24.2 Å². The van der Waals surface area contributed by atoms with Gasteiger partial charge in [0.25, 0.3) is 0 Å². The van der Waals surface area contributed by atoms with Crippen molar-refractivity contribution >= 4 is 0 Å². The maximum atomic E-state index is 10.6. The lowest BCUT2D eigenvalue weighted by molar-refractivity contribution is 0.172. The molecule has 0 bridgehead atoms. The number of unbranched alkanes of at least 4 members (excludes halogenated alkanes) is 5. The van der Waals surface area contributed by atoms with E-state index in [1.165, 1.54) is 44.9 Å². The first-order valence-corrected chi connectivity index (χ1v) is 8.85. The third-order valence-corrected chi connectivity index (χ3v) is 4.01. The van der Waals surface area contributed by atoms with E-state index in [1.54, 1.807) is 0 Å². The third kappa shape index (κ3) is 7.58. The summed E-state index contributed by atoms with van der Waals surface area (Å²) in [5.41, 5.74) is 0.894. The fourth-order valence-corrected chi connectivity index (χ4v) is 2.67. The van der Waals surface area contributed by atoms with Gasteiger partial charge in [0.1, 0.15) is 12.3 Å². The van der Waals surface area contributed by atoms with E-state index in [2.05, 4.69) is 19.0 Å². The fourth-order valence-electron chi connectivity index (χ4n) is 2.67. The number of ether oxygens (including phenoxy) is 1. The lowest BCUT2D eigenvalue weighted by atomic mass is 10.0. The Labute approximate surface area is 135 Å². The molecule has 0 saturated carbocycles. The molecule has 0 heterocycles. The van der Waals surface area contributed by atoms with E-state index in [9.17, 15) is 4.91 Å². The normalized spacial score (nSPS) is 12.1. The second kappa shape index (κ2) is 12.2. The summed E-state index contributed by atoms with van der Waals surface area (Å²) in [6, 6.07) is 7.77. The molecular formula is C19H31NO2. The zero-order valence-electron chi connectivity index (χ0n) is 14.2. The second-order valence-electron chi connectivity index (χ2n) is 5.98. The zero-order chi connectivity index (χ0) is 16.0. The number of rotatable bonds is 13. The van der Waals surface area contributed by atoms with Gasteiger partial charge in [0.2, 0.25) is 0 Å². The highest BCUT2D eigenvalue weighted by Crippen LogP contribution is 2.24. The summed E-state index contributed by atoms with van der Waals surface area (Å²) in [4.78, 5) is 10.6. The quantitative estimate of drug-likeness (QED) is 0.319. The highest BCUT2D eigenvalue weighted by atomic mass is 16.5. The number of nitrogens with zero attached hydrogens (tertiary/aromatic N) is 1. The number of hydrogen-bond donors (Lipinski definition) is 0. The molecule has 0 saturated heterocycles. The van der Waals surface area contributed by atoms with Crippen molar-refractivity contribution in [2.45, 2.75) is 84.3 Å². The first-order valence-electron chi connectivity index (χ1n) is 8.85. The second-order valence-corrected chi connectivity index (χ2v) is 5.98. The maximum absolute atomic E-state index is 10.6. The van der Waals surface area contributed by atoms with Crippen LogP contribution in [0.4, 0.5) is 0 Å². The summed E-state index contributed by atoms with van der Waals surface area (Å²) in [5, 5.41) is 3.00. The van der Waals surface area contributed by atoms with Crippen molar-refractivity contribution in [3.05, 3.63) is 34.7 Å². The Bertz CT molecular complexity index is 406. The number of hydrogen-bond acceptors (Lipinski definition) is 3. The standard InChI is InChI=1S/C19H31NO2/c1-3-5-7-8-9-14-18(13-6-4-2)22-19-15-11-10-12-17(19)16-20-21/h10-12,15,18H,3-9,13-14,16H2,1-2H3. The van der Waals surface area contributed by atoms with Crippen LogP contribution in [0.5, 0.6) is 5.75 Å². The molecule has 1 aromatic rings. The highest BCUT2D eigenvalue weighted by molar-refractivity contribution is 5.33. The van der Waals surface area contributed by atoms with Crippen LogP contribution in [0.3, 0.4) is 0 Å². The number of para-hydroxylation sites is 1. The van der Waals surface area contributed by atoms with Crippen LogP contribution in [0.25, 0.3) is 0 Å². The molecule has 0 aromatic heterocycles. The van der Waals surface area contributed by atoms with E-state index >= 15 is 0 Å². The van der Waals surface area contributed by atoms with Crippen LogP contribution in [0.2, 0.25) is 0 Å². The fraction of sp³-hybridized carbons (Fsp3) is 0.684. The van der Waals surface area contributed by atoms with Gasteiger partial charge in [-0.2, -0.15) is 4.91 Å². The molecule has 0 spiro atoms.